The van der Waals surface area contributed by atoms with E-state index in [0.29, 0.717) is 29.2 Å². The molecule has 0 unspecified atom stereocenters. The predicted molar refractivity (Wildman–Crippen MR) is 210 cm³/mol. The van der Waals surface area contributed by atoms with Gasteiger partial charge in [-0.25, -0.2) is 14.8 Å². The molecule has 2 fully saturated rings. The number of ketones is 1. The average Bonchev–Trinajstić information content (AvgIpc) is 3.83. The van der Waals surface area contributed by atoms with E-state index in [-0.39, 0.29) is 25.4 Å². The summed E-state index contributed by atoms with van der Waals surface area (Å²) >= 11 is 0. The molecule has 1 saturated heterocycles. The molecule has 294 valence electrons. The first-order valence-corrected chi connectivity index (χ1v) is 18.5. The molecule has 5 amide bonds. The number of hydrogen-bond acceptors (Lipinski definition) is 10. The maximum absolute atomic E-state index is 14.7. The summed E-state index contributed by atoms with van der Waals surface area (Å²) < 4.78 is 5.44. The number of likely N-dealkylation sites (tertiary alicyclic amines) is 1. The van der Waals surface area contributed by atoms with Gasteiger partial charge in [0.1, 0.15) is 17.8 Å². The topological polar surface area (TPSA) is 209 Å². The SMILES string of the molecule is CCC[C@H](NC(=O)[C@@H]1C[C@](C)(Nc2cc(N=CC=CN)nc3cc(OC)ccc23)CN1C(=O)[C@@H](NC(=O)NC(C)(C)C)C(C)(C)C)C(=O)C(=O)NC1CC1. The van der Waals surface area contributed by atoms with E-state index in [1.807, 2.05) is 67.5 Å². The van der Waals surface area contributed by atoms with Gasteiger partial charge in [-0.05, 0) is 76.8 Å². The molecule has 1 aromatic heterocycles. The van der Waals surface area contributed by atoms with E-state index in [0.717, 1.165) is 18.2 Å². The highest BCUT2D eigenvalue weighted by Gasteiger charge is 2.50. The number of ether oxygens (including phenoxy) is 1. The Morgan fingerprint density at radius 3 is 2.39 bits per heavy atom. The number of allylic oxidation sites excluding steroid dienone is 1. The van der Waals surface area contributed by atoms with Crippen molar-refractivity contribution in [1.82, 2.24) is 31.2 Å². The van der Waals surface area contributed by atoms with Crippen molar-refractivity contribution in [2.45, 2.75) is 123 Å². The Hall–Kier alpha value is -5.21. The quantitative estimate of drug-likeness (QED) is 0.122. The largest absolute Gasteiger partial charge is 0.497 e. The molecule has 2 heterocycles. The third-order valence-electron chi connectivity index (χ3n) is 9.19. The number of nitrogens with two attached hydrogens (primary N) is 1. The summed E-state index contributed by atoms with van der Waals surface area (Å²) in [5.41, 5.74) is 4.51. The molecular formula is C39H57N9O6. The number of urea groups is 1. The van der Waals surface area contributed by atoms with Gasteiger partial charge in [0.05, 0.1) is 24.2 Å². The highest BCUT2D eigenvalue weighted by atomic mass is 16.5. The third-order valence-corrected chi connectivity index (χ3v) is 9.19. The molecule has 15 heteroatoms. The van der Waals surface area contributed by atoms with Gasteiger partial charge in [0.2, 0.25) is 17.6 Å². The lowest BCUT2D eigenvalue weighted by atomic mass is 9.85. The first-order chi connectivity index (χ1) is 25.3. The molecule has 7 N–H and O–H groups in total. The summed E-state index contributed by atoms with van der Waals surface area (Å²) in [5.74, 6) is -1.51. The van der Waals surface area contributed by atoms with Gasteiger partial charge in [0, 0.05) is 54.0 Å². The summed E-state index contributed by atoms with van der Waals surface area (Å²) in [7, 11) is 1.56. The van der Waals surface area contributed by atoms with Crippen molar-refractivity contribution in [2.24, 2.45) is 16.1 Å². The molecule has 1 saturated carbocycles. The minimum atomic E-state index is -1.07. The van der Waals surface area contributed by atoms with Gasteiger partial charge < -0.3 is 42.0 Å². The maximum Gasteiger partial charge on any atom is 0.315 e. The van der Waals surface area contributed by atoms with Crippen LogP contribution in [0.5, 0.6) is 5.75 Å². The fraction of sp³-hybridized carbons (Fsp3) is 0.564. The summed E-state index contributed by atoms with van der Waals surface area (Å²) in [6, 6.07) is 3.51. The fourth-order valence-corrected chi connectivity index (χ4v) is 6.42. The Balaban J connectivity index is 1.74. The van der Waals surface area contributed by atoms with Gasteiger partial charge in [0.25, 0.3) is 5.91 Å². The smallest absolute Gasteiger partial charge is 0.315 e. The van der Waals surface area contributed by atoms with Crippen molar-refractivity contribution in [1.29, 1.82) is 0 Å². The number of methoxy groups -OCH3 is 1. The van der Waals surface area contributed by atoms with Gasteiger partial charge in [0.15, 0.2) is 5.82 Å². The van der Waals surface area contributed by atoms with E-state index in [2.05, 4.69) is 36.6 Å². The van der Waals surface area contributed by atoms with Crippen LogP contribution < -0.4 is 37.1 Å². The van der Waals surface area contributed by atoms with Gasteiger partial charge in [-0.2, -0.15) is 0 Å². The number of nitrogens with zero attached hydrogens (tertiary/aromatic N) is 3. The standard InChI is InChI=1S/C39H57N9O6/c1-10-12-26(31(49)34(51)42-23-13-14-23)44-33(50)29-21-39(8,22-48(29)35(52)32(37(2,3)4)45-36(53)47-38(5,6)7)46-28-20-30(41-18-11-17-40)43-27-19-24(54-9)15-16-25(27)28/h11,15-20,23,26,29,32H,10,12-14,21-22,40H2,1-9H3,(H,42,51)(H,43,46)(H,44,50)(H2,45,47,53)/t26-,29-,32+,39-/m0/s1. The van der Waals surface area contributed by atoms with Gasteiger partial charge in [-0.1, -0.05) is 34.1 Å². The number of rotatable bonds is 14. The molecule has 4 atom stereocenters. The van der Waals surface area contributed by atoms with Crippen LogP contribution in [0.3, 0.4) is 0 Å². The molecule has 1 aliphatic carbocycles. The zero-order valence-corrected chi connectivity index (χ0v) is 33.0. The van der Waals surface area contributed by atoms with Crippen molar-refractivity contribution >= 4 is 58.2 Å². The third kappa shape index (κ3) is 10.9. The van der Waals surface area contributed by atoms with Gasteiger partial charge in [-0.15, -0.1) is 0 Å². The summed E-state index contributed by atoms with van der Waals surface area (Å²) in [4.78, 5) is 78.8. The Kier molecular flexibility index (Phi) is 13.0. The second-order valence-corrected chi connectivity index (χ2v) is 16.6. The van der Waals surface area contributed by atoms with Crippen molar-refractivity contribution in [3.05, 3.63) is 36.5 Å². The number of amides is 5. The van der Waals surface area contributed by atoms with Crippen LogP contribution in [0.2, 0.25) is 0 Å². The van der Waals surface area contributed by atoms with E-state index >= 15 is 0 Å². The van der Waals surface area contributed by atoms with Crippen molar-refractivity contribution in [3.8, 4) is 5.75 Å². The molecular weight excluding hydrogens is 690 g/mol. The second-order valence-electron chi connectivity index (χ2n) is 16.6. The van der Waals surface area contributed by atoms with Crippen LogP contribution in [0, 0.1) is 5.41 Å². The number of fused-ring (bicyclic) bond motifs is 1. The zero-order chi connectivity index (χ0) is 40.0. The van der Waals surface area contributed by atoms with Crippen molar-refractivity contribution in [2.75, 3.05) is 19.0 Å². The van der Waals surface area contributed by atoms with E-state index in [4.69, 9.17) is 10.5 Å². The van der Waals surface area contributed by atoms with Crippen LogP contribution in [0.1, 0.15) is 87.5 Å². The molecule has 1 aromatic carbocycles. The summed E-state index contributed by atoms with van der Waals surface area (Å²) in [6.45, 7) is 14.8. The van der Waals surface area contributed by atoms with Crippen LogP contribution >= 0.6 is 0 Å². The number of nitrogens with one attached hydrogen (secondary N) is 5. The number of anilines is 1. The fourth-order valence-electron chi connectivity index (χ4n) is 6.42. The number of pyridine rings is 1. The molecule has 54 heavy (non-hydrogen) atoms. The molecule has 2 aromatic rings. The molecule has 4 rings (SSSR count). The predicted octanol–water partition coefficient (Wildman–Crippen LogP) is 3.83. The Bertz CT molecular complexity index is 1790. The molecule has 0 spiro atoms. The normalized spacial score (nSPS) is 20.1. The first kappa shape index (κ1) is 41.5. The average molecular weight is 748 g/mol. The van der Waals surface area contributed by atoms with Crippen molar-refractivity contribution < 1.29 is 28.7 Å². The minimum Gasteiger partial charge on any atom is -0.497 e. The first-order valence-electron chi connectivity index (χ1n) is 18.5. The lowest BCUT2D eigenvalue weighted by molar-refractivity contribution is -0.144. The highest BCUT2D eigenvalue weighted by Crippen LogP contribution is 2.37. The van der Waals surface area contributed by atoms with Crippen LogP contribution in [-0.2, 0) is 19.2 Å². The second kappa shape index (κ2) is 16.9. The summed E-state index contributed by atoms with van der Waals surface area (Å²) in [5, 5.41) is 15.6. The van der Waals surface area contributed by atoms with E-state index in [9.17, 15) is 24.0 Å². The monoisotopic (exact) mass is 747 g/mol. The maximum atomic E-state index is 14.7. The Labute approximate surface area is 317 Å². The number of hydrogen-bond donors (Lipinski definition) is 6. The minimum absolute atomic E-state index is 0.0276. The van der Waals surface area contributed by atoms with Crippen LogP contribution in [0.4, 0.5) is 16.3 Å². The molecule has 1 aliphatic heterocycles. The van der Waals surface area contributed by atoms with Crippen LogP contribution in [0.25, 0.3) is 10.9 Å². The van der Waals surface area contributed by atoms with Gasteiger partial charge in [-0.3, -0.25) is 19.2 Å². The highest BCUT2D eigenvalue weighted by molar-refractivity contribution is 6.38. The number of carbonyl (C=O) groups excluding carboxylic acids is 5. The Morgan fingerprint density at radius 1 is 1.09 bits per heavy atom. The number of Topliss-reactive ketones (excluding diaryl/α,β-unsaturated/α-hetero) is 1. The van der Waals surface area contributed by atoms with E-state index in [1.54, 1.807) is 25.3 Å². The number of aromatic nitrogens is 1. The van der Waals surface area contributed by atoms with E-state index in [1.165, 1.54) is 17.3 Å². The number of benzene rings is 1. The zero-order valence-electron chi connectivity index (χ0n) is 33.0. The number of carbonyl (C=O) groups is 5. The van der Waals surface area contributed by atoms with Crippen LogP contribution in [-0.4, -0.2) is 94.5 Å². The summed E-state index contributed by atoms with van der Waals surface area (Å²) in [6.07, 6.45) is 6.97. The van der Waals surface area contributed by atoms with Gasteiger partial charge >= 0.3 is 6.03 Å². The molecule has 2 aliphatic rings. The lowest BCUT2D eigenvalue weighted by Crippen LogP contribution is -2.61. The molecule has 0 bridgehead atoms. The number of aliphatic imine (C=N–C) groups is 1. The molecule has 0 radical (unpaired) electrons. The lowest BCUT2D eigenvalue weighted by Gasteiger charge is -2.36. The van der Waals surface area contributed by atoms with E-state index < -0.39 is 64.2 Å². The Morgan fingerprint density at radius 2 is 1.80 bits per heavy atom. The van der Waals surface area contributed by atoms with Crippen molar-refractivity contribution in [3.63, 3.8) is 0 Å². The molecule has 15 nitrogen and oxygen atoms in total. The van der Waals surface area contributed by atoms with Crippen LogP contribution in [0.15, 0.2) is 41.5 Å².